The van der Waals surface area contributed by atoms with Crippen LogP contribution in [0.1, 0.15) is 23.7 Å². The van der Waals surface area contributed by atoms with E-state index < -0.39 is 0 Å². The highest BCUT2D eigenvalue weighted by Crippen LogP contribution is 2.37. The average molecular weight is 384 g/mol. The van der Waals surface area contributed by atoms with Crippen LogP contribution in [0.25, 0.3) is 0 Å². The Hall–Kier alpha value is -2.47. The second kappa shape index (κ2) is 8.48. The van der Waals surface area contributed by atoms with Gasteiger partial charge in [-0.2, -0.15) is 0 Å². The molecule has 1 aliphatic rings. The predicted molar refractivity (Wildman–Crippen MR) is 112 cm³/mol. The van der Waals surface area contributed by atoms with E-state index >= 15 is 0 Å². The van der Waals surface area contributed by atoms with E-state index in [1.54, 1.807) is 26.2 Å². The van der Waals surface area contributed by atoms with Crippen LogP contribution in [0.4, 0.5) is 11.4 Å². The summed E-state index contributed by atoms with van der Waals surface area (Å²) in [6, 6.07) is 15.3. The van der Waals surface area contributed by atoms with Gasteiger partial charge in [0.2, 0.25) is 5.91 Å². The topological polar surface area (TPSA) is 52.7 Å². The van der Waals surface area contributed by atoms with Crippen molar-refractivity contribution in [3.05, 3.63) is 54.1 Å². The molecule has 0 fully saturated rings. The Balaban J connectivity index is 1.71. The molecule has 0 aliphatic carbocycles. The Bertz CT molecular complexity index is 838. The molecule has 0 saturated carbocycles. The summed E-state index contributed by atoms with van der Waals surface area (Å²) in [7, 11) is 3.45. The summed E-state index contributed by atoms with van der Waals surface area (Å²) in [4.78, 5) is 29.6. The molecule has 2 amide bonds. The fourth-order valence-electron chi connectivity index (χ4n) is 3.04. The molecule has 0 spiro atoms. The Morgan fingerprint density at radius 3 is 2.74 bits per heavy atom. The molecule has 0 aromatic heterocycles. The number of hydrogen-bond donors (Lipinski definition) is 1. The number of rotatable bonds is 4. The highest BCUT2D eigenvalue weighted by molar-refractivity contribution is 8.00. The summed E-state index contributed by atoms with van der Waals surface area (Å²) in [5, 5.41) is 3.65. The fraction of sp³-hybridized carbons (Fsp3) is 0.333. The average Bonchev–Trinajstić information content (AvgIpc) is 2.83. The number of fused-ring (bicyclic) bond motifs is 1. The van der Waals surface area contributed by atoms with Gasteiger partial charge in [0.05, 0.1) is 12.2 Å². The summed E-state index contributed by atoms with van der Waals surface area (Å²) >= 11 is 1.82. The highest BCUT2D eigenvalue weighted by Gasteiger charge is 2.23. The van der Waals surface area contributed by atoms with Gasteiger partial charge in [0.25, 0.3) is 5.91 Å². The Kier molecular flexibility index (Phi) is 6.06. The lowest BCUT2D eigenvalue weighted by atomic mass is 10.2. The third-order valence-electron chi connectivity index (χ3n) is 4.50. The summed E-state index contributed by atoms with van der Waals surface area (Å²) in [5.74, 6) is -0.0288. The molecular weight excluding hydrogens is 358 g/mol. The number of carbonyl (C=O) groups is 2. The van der Waals surface area contributed by atoms with Gasteiger partial charge in [-0.05, 0) is 36.8 Å². The van der Waals surface area contributed by atoms with E-state index in [1.165, 1.54) is 4.90 Å². The van der Waals surface area contributed by atoms with Gasteiger partial charge in [-0.3, -0.25) is 9.59 Å². The van der Waals surface area contributed by atoms with Crippen molar-refractivity contribution in [1.29, 1.82) is 0 Å². The number of para-hydroxylation sites is 1. The molecule has 1 aliphatic heterocycles. The lowest BCUT2D eigenvalue weighted by molar-refractivity contribution is -0.117. The fourth-order valence-corrected chi connectivity index (χ4v) is 4.15. The number of nitrogens with zero attached hydrogens (tertiary/aromatic N) is 2. The lowest BCUT2D eigenvalue weighted by Gasteiger charge is -2.23. The smallest absolute Gasteiger partial charge is 0.253 e. The first-order chi connectivity index (χ1) is 13.0. The van der Waals surface area contributed by atoms with Crippen molar-refractivity contribution in [1.82, 2.24) is 4.90 Å². The van der Waals surface area contributed by atoms with E-state index in [2.05, 4.69) is 18.3 Å². The van der Waals surface area contributed by atoms with Crippen molar-refractivity contribution in [2.75, 3.05) is 37.4 Å². The largest absolute Gasteiger partial charge is 0.376 e. The normalized spacial score (nSPS) is 16.3. The van der Waals surface area contributed by atoms with Crippen molar-refractivity contribution in [2.45, 2.75) is 23.5 Å². The second-order valence-corrected chi connectivity index (χ2v) is 8.34. The standard InChI is InChI=1S/C21H25N3O2S/c1-15-11-12-24(18-9-4-5-10-19(18)27-15)20(25)14-22-17-8-6-7-16(13-17)21(26)23(2)3/h4-10,13,15,22H,11-12,14H2,1-3H3. The van der Waals surface area contributed by atoms with Crippen LogP contribution in [0, 0.1) is 0 Å². The minimum absolute atomic E-state index is 0.0292. The highest BCUT2D eigenvalue weighted by atomic mass is 32.2. The minimum Gasteiger partial charge on any atom is -0.376 e. The summed E-state index contributed by atoms with van der Waals surface area (Å²) in [6.45, 7) is 3.10. The van der Waals surface area contributed by atoms with Gasteiger partial charge in [-0.25, -0.2) is 0 Å². The van der Waals surface area contributed by atoms with E-state index in [0.717, 1.165) is 22.7 Å². The van der Waals surface area contributed by atoms with E-state index in [4.69, 9.17) is 0 Å². The van der Waals surface area contributed by atoms with Crippen LogP contribution in [0.5, 0.6) is 0 Å². The number of benzene rings is 2. The van der Waals surface area contributed by atoms with Crippen molar-refractivity contribution in [2.24, 2.45) is 0 Å². The molecule has 1 heterocycles. The van der Waals surface area contributed by atoms with Crippen molar-refractivity contribution < 1.29 is 9.59 Å². The number of thioether (sulfide) groups is 1. The first-order valence-electron chi connectivity index (χ1n) is 9.07. The molecule has 1 atom stereocenters. The summed E-state index contributed by atoms with van der Waals surface area (Å²) in [6.07, 6.45) is 0.956. The molecule has 3 rings (SSSR count). The first kappa shape index (κ1) is 19.3. The van der Waals surface area contributed by atoms with Crippen molar-refractivity contribution >= 4 is 35.0 Å². The van der Waals surface area contributed by atoms with Crippen molar-refractivity contribution in [3.8, 4) is 0 Å². The zero-order valence-electron chi connectivity index (χ0n) is 15.9. The van der Waals surface area contributed by atoms with Gasteiger partial charge < -0.3 is 15.1 Å². The van der Waals surface area contributed by atoms with Gasteiger partial charge in [0, 0.05) is 42.0 Å². The molecule has 5 nitrogen and oxygen atoms in total. The first-order valence-corrected chi connectivity index (χ1v) is 9.95. The van der Waals surface area contributed by atoms with E-state index in [0.29, 0.717) is 17.4 Å². The molecule has 1 N–H and O–H groups in total. The van der Waals surface area contributed by atoms with Gasteiger partial charge in [-0.1, -0.05) is 25.1 Å². The number of anilines is 2. The van der Waals surface area contributed by atoms with Gasteiger partial charge in [0.1, 0.15) is 0 Å². The van der Waals surface area contributed by atoms with E-state index in [1.807, 2.05) is 47.0 Å². The minimum atomic E-state index is -0.0579. The Morgan fingerprint density at radius 1 is 1.19 bits per heavy atom. The third-order valence-corrected chi connectivity index (χ3v) is 5.74. The van der Waals surface area contributed by atoms with Crippen LogP contribution >= 0.6 is 11.8 Å². The van der Waals surface area contributed by atoms with Gasteiger partial charge >= 0.3 is 0 Å². The van der Waals surface area contributed by atoms with Crippen LogP contribution in [-0.2, 0) is 4.79 Å². The third kappa shape index (κ3) is 4.63. The number of carbonyl (C=O) groups excluding carboxylic acids is 2. The lowest BCUT2D eigenvalue weighted by Crippen LogP contribution is -2.36. The molecule has 2 aromatic carbocycles. The number of amides is 2. The van der Waals surface area contributed by atoms with E-state index in [-0.39, 0.29) is 18.4 Å². The maximum Gasteiger partial charge on any atom is 0.253 e. The number of hydrogen-bond acceptors (Lipinski definition) is 4. The molecular formula is C21H25N3O2S. The molecule has 142 valence electrons. The second-order valence-electron chi connectivity index (χ2n) is 6.86. The molecule has 2 aromatic rings. The van der Waals surface area contributed by atoms with Crippen LogP contribution < -0.4 is 10.2 Å². The van der Waals surface area contributed by atoms with Crippen molar-refractivity contribution in [3.63, 3.8) is 0 Å². The van der Waals surface area contributed by atoms with Crippen LogP contribution in [0.2, 0.25) is 0 Å². The van der Waals surface area contributed by atoms with Gasteiger partial charge in [-0.15, -0.1) is 11.8 Å². The quantitative estimate of drug-likeness (QED) is 0.874. The summed E-state index contributed by atoms with van der Waals surface area (Å²) in [5.41, 5.74) is 2.35. The van der Waals surface area contributed by atoms with Crippen LogP contribution in [0.3, 0.4) is 0 Å². The van der Waals surface area contributed by atoms with Gasteiger partial charge in [0.15, 0.2) is 0 Å². The molecule has 0 bridgehead atoms. The molecule has 0 radical (unpaired) electrons. The summed E-state index contributed by atoms with van der Waals surface area (Å²) < 4.78 is 0. The van der Waals surface area contributed by atoms with E-state index in [9.17, 15) is 9.59 Å². The maximum atomic E-state index is 12.9. The van der Waals surface area contributed by atoms with Crippen LogP contribution in [-0.4, -0.2) is 49.1 Å². The monoisotopic (exact) mass is 383 g/mol. The molecule has 6 heteroatoms. The van der Waals surface area contributed by atoms with Crippen LogP contribution in [0.15, 0.2) is 53.4 Å². The zero-order chi connectivity index (χ0) is 19.4. The molecule has 0 saturated heterocycles. The maximum absolute atomic E-state index is 12.9. The molecule has 27 heavy (non-hydrogen) atoms. The number of nitrogens with one attached hydrogen (secondary N) is 1. The predicted octanol–water partition coefficient (Wildman–Crippen LogP) is 3.72. The Labute approximate surface area is 164 Å². The zero-order valence-corrected chi connectivity index (χ0v) is 16.8. The molecule has 1 unspecified atom stereocenters. The SMILES string of the molecule is CC1CCN(C(=O)CNc2cccc(C(=O)N(C)C)c2)c2ccccc2S1. The Morgan fingerprint density at radius 2 is 1.96 bits per heavy atom.